The number of benzene rings is 1. The van der Waals surface area contributed by atoms with Crippen LogP contribution in [0, 0.1) is 5.41 Å². The second kappa shape index (κ2) is 5.44. The van der Waals surface area contributed by atoms with Crippen LogP contribution in [0.2, 0.25) is 0 Å². The number of carboxylic acids is 1. The second-order valence-electron chi connectivity index (χ2n) is 5.38. The van der Waals surface area contributed by atoms with Crippen LogP contribution < -0.4 is 10.6 Å². The number of carbonyl (C=O) groups is 2. The van der Waals surface area contributed by atoms with Crippen molar-refractivity contribution < 1.29 is 14.7 Å². The maximum atomic E-state index is 11.2. The van der Waals surface area contributed by atoms with Crippen molar-refractivity contribution in [2.24, 2.45) is 11.1 Å². The monoisotopic (exact) mass is 340 g/mol. The Kier molecular flexibility index (Phi) is 4.04. The van der Waals surface area contributed by atoms with Crippen LogP contribution in [0.1, 0.15) is 30.1 Å². The van der Waals surface area contributed by atoms with Gasteiger partial charge in [0.25, 0.3) is 0 Å². The molecule has 1 aliphatic rings. The molecule has 108 valence electrons. The number of rotatable bonds is 3. The summed E-state index contributed by atoms with van der Waals surface area (Å²) in [6, 6.07) is 5.38. The predicted molar refractivity (Wildman–Crippen MR) is 79.8 cm³/mol. The highest BCUT2D eigenvalue weighted by molar-refractivity contribution is 9.10. The van der Waals surface area contributed by atoms with Gasteiger partial charge in [0.2, 0.25) is 5.91 Å². The smallest absolute Gasteiger partial charge is 0.309 e. The van der Waals surface area contributed by atoms with Crippen molar-refractivity contribution in [2.45, 2.75) is 19.8 Å². The maximum absolute atomic E-state index is 11.2. The highest BCUT2D eigenvalue weighted by Gasteiger charge is 2.36. The lowest BCUT2D eigenvalue weighted by molar-refractivity contribution is -0.149. The van der Waals surface area contributed by atoms with Gasteiger partial charge in [-0.2, -0.15) is 0 Å². The molecule has 1 heterocycles. The Bertz CT molecular complexity index is 551. The van der Waals surface area contributed by atoms with Crippen molar-refractivity contribution in [3.63, 3.8) is 0 Å². The molecule has 0 bridgehead atoms. The molecule has 1 aromatic carbocycles. The fourth-order valence-electron chi connectivity index (χ4n) is 2.37. The van der Waals surface area contributed by atoms with Gasteiger partial charge in [-0.1, -0.05) is 0 Å². The van der Waals surface area contributed by atoms with Crippen molar-refractivity contribution in [1.29, 1.82) is 0 Å². The Balaban J connectivity index is 2.13. The van der Waals surface area contributed by atoms with Crippen LogP contribution in [-0.2, 0) is 4.79 Å². The molecule has 20 heavy (non-hydrogen) atoms. The first-order chi connectivity index (χ1) is 9.33. The Labute approximate surface area is 125 Å². The first-order valence-electron chi connectivity index (χ1n) is 6.41. The molecule has 1 aliphatic heterocycles. The van der Waals surface area contributed by atoms with Crippen molar-refractivity contribution in [1.82, 2.24) is 0 Å². The van der Waals surface area contributed by atoms with Crippen LogP contribution in [0.25, 0.3) is 0 Å². The number of nitrogens with zero attached hydrogens (tertiary/aromatic N) is 1. The lowest BCUT2D eigenvalue weighted by Crippen LogP contribution is -2.42. The second-order valence-corrected chi connectivity index (χ2v) is 6.24. The molecule has 0 radical (unpaired) electrons. The molecule has 1 saturated heterocycles. The lowest BCUT2D eigenvalue weighted by atomic mass is 9.80. The van der Waals surface area contributed by atoms with Crippen molar-refractivity contribution in [3.8, 4) is 0 Å². The van der Waals surface area contributed by atoms with Crippen molar-refractivity contribution in [2.75, 3.05) is 18.0 Å². The largest absolute Gasteiger partial charge is 0.481 e. The Morgan fingerprint density at radius 3 is 2.40 bits per heavy atom. The summed E-state index contributed by atoms with van der Waals surface area (Å²) >= 11 is 3.34. The molecular weight excluding hydrogens is 324 g/mol. The number of halogens is 1. The van der Waals surface area contributed by atoms with E-state index in [4.69, 9.17) is 5.73 Å². The number of nitrogens with two attached hydrogens (primary N) is 1. The van der Waals surface area contributed by atoms with Gasteiger partial charge in [0, 0.05) is 23.2 Å². The van der Waals surface area contributed by atoms with E-state index in [2.05, 4.69) is 20.8 Å². The normalized spacial score (nSPS) is 17.8. The van der Waals surface area contributed by atoms with Crippen LogP contribution in [0.3, 0.4) is 0 Å². The van der Waals surface area contributed by atoms with Gasteiger partial charge in [-0.05, 0) is 53.9 Å². The fraction of sp³-hybridized carbons (Fsp3) is 0.429. The molecular formula is C14H17BrN2O3. The van der Waals surface area contributed by atoms with Crippen LogP contribution in [-0.4, -0.2) is 30.1 Å². The average Bonchev–Trinajstić information content (AvgIpc) is 2.38. The third-order valence-corrected chi connectivity index (χ3v) is 4.62. The van der Waals surface area contributed by atoms with E-state index in [0.29, 0.717) is 36.0 Å². The fourth-order valence-corrected chi connectivity index (χ4v) is 2.93. The third kappa shape index (κ3) is 2.80. The van der Waals surface area contributed by atoms with Gasteiger partial charge in [0.05, 0.1) is 11.0 Å². The van der Waals surface area contributed by atoms with Gasteiger partial charge in [0.15, 0.2) is 0 Å². The van der Waals surface area contributed by atoms with Crippen LogP contribution in [0.5, 0.6) is 0 Å². The topological polar surface area (TPSA) is 83.6 Å². The number of hydrogen-bond donors (Lipinski definition) is 2. The summed E-state index contributed by atoms with van der Waals surface area (Å²) < 4.78 is 0.661. The average molecular weight is 341 g/mol. The minimum Gasteiger partial charge on any atom is -0.481 e. The molecule has 0 atom stereocenters. The van der Waals surface area contributed by atoms with Gasteiger partial charge in [0.1, 0.15) is 0 Å². The summed E-state index contributed by atoms with van der Waals surface area (Å²) in [5, 5.41) is 9.22. The van der Waals surface area contributed by atoms with Gasteiger partial charge in [-0.25, -0.2) is 0 Å². The summed E-state index contributed by atoms with van der Waals surface area (Å²) in [7, 11) is 0. The number of hydrogen-bond acceptors (Lipinski definition) is 3. The van der Waals surface area contributed by atoms with Gasteiger partial charge < -0.3 is 15.7 Å². The maximum Gasteiger partial charge on any atom is 0.309 e. The molecule has 3 N–H and O–H groups in total. The lowest BCUT2D eigenvalue weighted by Gasteiger charge is -2.37. The van der Waals surface area contributed by atoms with Gasteiger partial charge >= 0.3 is 5.97 Å². The van der Waals surface area contributed by atoms with E-state index in [-0.39, 0.29) is 0 Å². The van der Waals surface area contributed by atoms with E-state index in [1.165, 1.54) is 0 Å². The van der Waals surface area contributed by atoms with Crippen LogP contribution >= 0.6 is 15.9 Å². The molecule has 0 spiro atoms. The molecule has 0 aliphatic carbocycles. The molecule has 5 nitrogen and oxygen atoms in total. The van der Waals surface area contributed by atoms with E-state index in [1.54, 1.807) is 13.0 Å². The number of primary amides is 1. The number of piperidine rings is 1. The minimum absolute atomic E-state index is 0.445. The number of aliphatic carboxylic acids is 1. The Morgan fingerprint density at radius 2 is 1.95 bits per heavy atom. The molecule has 0 unspecified atom stereocenters. The predicted octanol–water partition coefficient (Wildman–Crippen LogP) is 2.24. The summed E-state index contributed by atoms with van der Waals surface area (Å²) in [5.74, 6) is -1.21. The highest BCUT2D eigenvalue weighted by Crippen LogP contribution is 2.34. The van der Waals surface area contributed by atoms with E-state index < -0.39 is 17.3 Å². The van der Waals surface area contributed by atoms with Crippen molar-refractivity contribution >= 4 is 33.5 Å². The van der Waals surface area contributed by atoms with Crippen LogP contribution in [0.4, 0.5) is 5.69 Å². The van der Waals surface area contributed by atoms with E-state index in [1.807, 2.05) is 12.1 Å². The van der Waals surface area contributed by atoms with E-state index >= 15 is 0 Å². The van der Waals surface area contributed by atoms with Gasteiger partial charge in [-0.15, -0.1) is 0 Å². The molecule has 1 fully saturated rings. The van der Waals surface area contributed by atoms with E-state index in [0.717, 1.165) is 5.69 Å². The summed E-state index contributed by atoms with van der Waals surface area (Å²) in [6.45, 7) is 3.16. The summed E-state index contributed by atoms with van der Waals surface area (Å²) in [6.07, 6.45) is 1.22. The molecule has 1 aromatic rings. The zero-order valence-corrected chi connectivity index (χ0v) is 12.8. The zero-order valence-electron chi connectivity index (χ0n) is 11.2. The SMILES string of the molecule is CC1(C(=O)O)CCN(c2ccc(C(N)=O)c(Br)c2)CC1. The molecule has 2 rings (SSSR count). The first-order valence-corrected chi connectivity index (χ1v) is 7.20. The molecule has 0 aromatic heterocycles. The van der Waals surface area contributed by atoms with E-state index in [9.17, 15) is 14.7 Å². The summed E-state index contributed by atoms with van der Waals surface area (Å²) in [4.78, 5) is 24.5. The standard InChI is InChI=1S/C14H17BrN2O3/c1-14(13(19)20)4-6-17(7-5-14)9-2-3-10(12(16)18)11(15)8-9/h2-3,8H,4-7H2,1H3,(H2,16,18)(H,19,20). The quantitative estimate of drug-likeness (QED) is 0.883. The number of carbonyl (C=O) groups excluding carboxylic acids is 1. The van der Waals surface area contributed by atoms with Crippen molar-refractivity contribution in [3.05, 3.63) is 28.2 Å². The number of anilines is 1. The number of amides is 1. The molecule has 1 amide bonds. The molecule has 0 saturated carbocycles. The zero-order chi connectivity index (χ0) is 14.9. The summed E-state index contributed by atoms with van der Waals surface area (Å²) in [5.41, 5.74) is 6.04. The van der Waals surface area contributed by atoms with Gasteiger partial charge in [-0.3, -0.25) is 9.59 Å². The molecule has 6 heteroatoms. The Morgan fingerprint density at radius 1 is 1.35 bits per heavy atom. The first kappa shape index (κ1) is 14.8. The Hall–Kier alpha value is -1.56. The highest BCUT2D eigenvalue weighted by atomic mass is 79.9. The van der Waals surface area contributed by atoms with Crippen LogP contribution in [0.15, 0.2) is 22.7 Å². The third-order valence-electron chi connectivity index (χ3n) is 3.97. The minimum atomic E-state index is -0.734. The number of carboxylic acid groups (broad SMARTS) is 1.